The van der Waals surface area contributed by atoms with Crippen molar-refractivity contribution in [3.8, 4) is 11.4 Å². The lowest BCUT2D eigenvalue weighted by Crippen LogP contribution is -2.35. The quantitative estimate of drug-likeness (QED) is 0.683. The molecule has 2 N–H and O–H groups in total. The molecule has 0 radical (unpaired) electrons. The largest absolute Gasteiger partial charge is 0.345 e. The fraction of sp³-hybridized carbons (Fsp3) is 0.250. The Morgan fingerprint density at radius 2 is 1.68 bits per heavy atom. The second-order valence-corrected chi connectivity index (χ2v) is 6.61. The number of rotatable bonds is 6. The zero-order chi connectivity index (χ0) is 20.1. The summed E-state index contributed by atoms with van der Waals surface area (Å²) < 4.78 is 0. The van der Waals surface area contributed by atoms with Crippen LogP contribution in [0.3, 0.4) is 0 Å². The van der Waals surface area contributed by atoms with Crippen LogP contribution in [0.2, 0.25) is 0 Å². The average molecular weight is 378 g/mol. The van der Waals surface area contributed by atoms with Gasteiger partial charge >= 0.3 is 0 Å². The molecule has 0 spiro atoms. The third-order valence-corrected chi connectivity index (χ3v) is 4.16. The number of nitrogens with one attached hydrogen (secondary N) is 2. The molecule has 0 aliphatic heterocycles. The summed E-state index contributed by atoms with van der Waals surface area (Å²) in [6.45, 7) is 5.64. The standard InChI is InChI=1S/C20H22N6O2/c1-13-9-14(2)19(15(3)10-13)22-17(27)11-21-18(28)12-26-24-20(23-25-26)16-7-5-4-6-8-16/h4-10H,11-12H2,1-3H3,(H,21,28)(H,22,27). The Morgan fingerprint density at radius 3 is 2.36 bits per heavy atom. The highest BCUT2D eigenvalue weighted by Gasteiger charge is 2.12. The molecule has 2 amide bonds. The van der Waals surface area contributed by atoms with E-state index in [1.165, 1.54) is 4.80 Å². The average Bonchev–Trinajstić information content (AvgIpc) is 3.12. The number of aryl methyl sites for hydroxylation is 3. The number of hydrogen-bond donors (Lipinski definition) is 2. The minimum atomic E-state index is -0.371. The molecule has 0 aliphatic rings. The van der Waals surface area contributed by atoms with Gasteiger partial charge < -0.3 is 10.6 Å². The highest BCUT2D eigenvalue weighted by Crippen LogP contribution is 2.21. The van der Waals surface area contributed by atoms with Crippen molar-refractivity contribution in [1.29, 1.82) is 0 Å². The molecule has 144 valence electrons. The lowest BCUT2D eigenvalue weighted by atomic mass is 10.1. The van der Waals surface area contributed by atoms with E-state index in [1.807, 2.05) is 63.2 Å². The van der Waals surface area contributed by atoms with Gasteiger partial charge in [0, 0.05) is 11.3 Å². The van der Waals surface area contributed by atoms with Crippen molar-refractivity contribution < 1.29 is 9.59 Å². The Balaban J connectivity index is 1.52. The molecule has 28 heavy (non-hydrogen) atoms. The first-order chi connectivity index (χ1) is 13.4. The second-order valence-electron chi connectivity index (χ2n) is 6.61. The molecule has 0 unspecified atom stereocenters. The normalized spacial score (nSPS) is 10.5. The number of aromatic nitrogens is 4. The molecule has 0 fully saturated rings. The number of tetrazole rings is 1. The van der Waals surface area contributed by atoms with Crippen LogP contribution in [0, 0.1) is 20.8 Å². The number of nitrogens with zero attached hydrogens (tertiary/aromatic N) is 4. The van der Waals surface area contributed by atoms with E-state index in [1.54, 1.807) is 0 Å². The fourth-order valence-electron chi connectivity index (χ4n) is 2.94. The molecule has 0 aliphatic carbocycles. The maximum Gasteiger partial charge on any atom is 0.244 e. The third kappa shape index (κ3) is 4.79. The van der Waals surface area contributed by atoms with Crippen LogP contribution in [0.25, 0.3) is 11.4 Å². The molecule has 0 saturated carbocycles. The maximum absolute atomic E-state index is 12.2. The predicted octanol–water partition coefficient (Wildman–Crippen LogP) is 2.02. The monoisotopic (exact) mass is 378 g/mol. The molecule has 1 aromatic heterocycles. The molecular weight excluding hydrogens is 356 g/mol. The van der Waals surface area contributed by atoms with Gasteiger partial charge in [-0.25, -0.2) is 0 Å². The first-order valence-electron chi connectivity index (χ1n) is 8.90. The summed E-state index contributed by atoms with van der Waals surface area (Å²) in [5.41, 5.74) is 4.69. The van der Waals surface area contributed by atoms with Gasteiger partial charge in [0.05, 0.1) is 6.54 Å². The van der Waals surface area contributed by atoms with Crippen molar-refractivity contribution in [2.75, 3.05) is 11.9 Å². The van der Waals surface area contributed by atoms with Gasteiger partial charge in [-0.05, 0) is 37.1 Å². The maximum atomic E-state index is 12.2. The van der Waals surface area contributed by atoms with Crippen LogP contribution in [0.1, 0.15) is 16.7 Å². The Bertz CT molecular complexity index is 974. The summed E-state index contributed by atoms with van der Waals surface area (Å²) in [7, 11) is 0. The van der Waals surface area contributed by atoms with E-state index >= 15 is 0 Å². The van der Waals surface area contributed by atoms with E-state index in [0.717, 1.165) is 27.9 Å². The van der Waals surface area contributed by atoms with E-state index < -0.39 is 0 Å². The zero-order valence-corrected chi connectivity index (χ0v) is 16.1. The van der Waals surface area contributed by atoms with Crippen LogP contribution < -0.4 is 10.6 Å². The van der Waals surface area contributed by atoms with Crippen molar-refractivity contribution in [1.82, 2.24) is 25.5 Å². The molecule has 0 atom stereocenters. The van der Waals surface area contributed by atoms with E-state index in [-0.39, 0.29) is 24.9 Å². The zero-order valence-electron chi connectivity index (χ0n) is 16.1. The third-order valence-electron chi connectivity index (χ3n) is 4.16. The fourth-order valence-corrected chi connectivity index (χ4v) is 2.94. The van der Waals surface area contributed by atoms with Gasteiger partial charge in [-0.3, -0.25) is 9.59 Å². The minimum Gasteiger partial charge on any atom is -0.345 e. The minimum absolute atomic E-state index is 0.115. The van der Waals surface area contributed by atoms with Crippen molar-refractivity contribution in [2.45, 2.75) is 27.3 Å². The van der Waals surface area contributed by atoms with Gasteiger partial charge in [0.1, 0.15) is 6.54 Å². The summed E-state index contributed by atoms with van der Waals surface area (Å²) in [4.78, 5) is 25.4. The van der Waals surface area contributed by atoms with E-state index in [2.05, 4.69) is 26.0 Å². The van der Waals surface area contributed by atoms with Crippen LogP contribution in [0.5, 0.6) is 0 Å². The number of benzene rings is 2. The molecule has 3 rings (SSSR count). The lowest BCUT2D eigenvalue weighted by molar-refractivity contribution is -0.124. The molecule has 3 aromatic rings. The lowest BCUT2D eigenvalue weighted by Gasteiger charge is -2.13. The van der Waals surface area contributed by atoms with Crippen molar-refractivity contribution >= 4 is 17.5 Å². The van der Waals surface area contributed by atoms with Crippen molar-refractivity contribution in [2.24, 2.45) is 0 Å². The van der Waals surface area contributed by atoms with Crippen molar-refractivity contribution in [3.63, 3.8) is 0 Å². The highest BCUT2D eigenvalue weighted by atomic mass is 16.2. The van der Waals surface area contributed by atoms with Gasteiger partial charge in [-0.15, -0.1) is 10.2 Å². The van der Waals surface area contributed by atoms with E-state index in [4.69, 9.17) is 0 Å². The number of anilines is 1. The molecule has 2 aromatic carbocycles. The summed E-state index contributed by atoms with van der Waals surface area (Å²) in [5, 5.41) is 17.4. The molecule has 0 saturated heterocycles. The van der Waals surface area contributed by atoms with Crippen LogP contribution >= 0.6 is 0 Å². The number of carbonyl (C=O) groups excluding carboxylic acids is 2. The molecule has 8 nitrogen and oxygen atoms in total. The van der Waals surface area contributed by atoms with Crippen LogP contribution in [0.15, 0.2) is 42.5 Å². The van der Waals surface area contributed by atoms with Gasteiger partial charge in [-0.2, -0.15) is 4.80 Å². The summed E-state index contributed by atoms with van der Waals surface area (Å²) in [6.07, 6.45) is 0. The van der Waals surface area contributed by atoms with E-state index in [9.17, 15) is 9.59 Å². The summed E-state index contributed by atoms with van der Waals surface area (Å²) in [6, 6.07) is 13.4. The van der Waals surface area contributed by atoms with Gasteiger partial charge in [-0.1, -0.05) is 48.0 Å². The number of amides is 2. The topological polar surface area (TPSA) is 102 Å². The van der Waals surface area contributed by atoms with Gasteiger partial charge in [0.15, 0.2) is 0 Å². The number of carbonyl (C=O) groups is 2. The Kier molecular flexibility index (Phi) is 5.78. The summed E-state index contributed by atoms with van der Waals surface area (Å²) in [5.74, 6) is -0.221. The smallest absolute Gasteiger partial charge is 0.244 e. The SMILES string of the molecule is Cc1cc(C)c(NC(=O)CNC(=O)Cn2nnc(-c3ccccc3)n2)c(C)c1. The Labute approximate surface area is 163 Å². The number of hydrogen-bond acceptors (Lipinski definition) is 5. The summed E-state index contributed by atoms with van der Waals surface area (Å²) >= 11 is 0. The van der Waals surface area contributed by atoms with Crippen LogP contribution in [-0.2, 0) is 16.1 Å². The van der Waals surface area contributed by atoms with Gasteiger partial charge in [0.25, 0.3) is 0 Å². The van der Waals surface area contributed by atoms with Crippen LogP contribution in [-0.4, -0.2) is 38.6 Å². The Hall–Kier alpha value is -3.55. The molecular formula is C20H22N6O2. The molecule has 0 bridgehead atoms. The molecule has 1 heterocycles. The highest BCUT2D eigenvalue weighted by molar-refractivity contribution is 5.95. The second kappa shape index (κ2) is 8.43. The first-order valence-corrected chi connectivity index (χ1v) is 8.90. The molecule has 8 heteroatoms. The van der Waals surface area contributed by atoms with Crippen LogP contribution in [0.4, 0.5) is 5.69 Å². The van der Waals surface area contributed by atoms with Crippen molar-refractivity contribution in [3.05, 3.63) is 59.2 Å². The van der Waals surface area contributed by atoms with E-state index in [0.29, 0.717) is 5.82 Å². The predicted molar refractivity (Wildman–Crippen MR) is 106 cm³/mol. The Morgan fingerprint density at radius 1 is 1.00 bits per heavy atom. The first kappa shape index (κ1) is 19.2. The van der Waals surface area contributed by atoms with Gasteiger partial charge in [0.2, 0.25) is 17.6 Å².